The van der Waals surface area contributed by atoms with E-state index in [0.717, 1.165) is 57.8 Å². The first-order chi connectivity index (χ1) is 27.6. The third-order valence-electron chi connectivity index (χ3n) is 9.47. The number of carboxylic acid groups (broad SMARTS) is 1. The van der Waals surface area contributed by atoms with E-state index in [4.69, 9.17) is 29.6 Å². The van der Waals surface area contributed by atoms with Gasteiger partial charge in [-0.25, -0.2) is 4.57 Å². The van der Waals surface area contributed by atoms with Gasteiger partial charge in [0.25, 0.3) is 0 Å². The number of ether oxygens (including phenoxy) is 3. The number of carbonyl (C=O) groups is 3. The van der Waals surface area contributed by atoms with E-state index in [0.29, 0.717) is 31.5 Å². The second kappa shape index (κ2) is 35.4. The Bertz CT molecular complexity index is 1220. The van der Waals surface area contributed by atoms with Crippen LogP contribution in [0.4, 0.5) is 0 Å². The average molecular weight is 826 g/mol. The Kier molecular flexibility index (Phi) is 32.5. The third kappa shape index (κ3) is 33.0. The second-order valence-corrected chi connectivity index (χ2v) is 16.3. The van der Waals surface area contributed by atoms with Crippen molar-refractivity contribution in [1.82, 2.24) is 0 Å². The maximum absolute atomic E-state index is 12.6. The molecule has 1 rings (SSSR count). The molecule has 3 unspecified atom stereocenters. The molecule has 1 fully saturated rings. The molecule has 1 saturated heterocycles. The number of unbranched alkanes of at least 4 members (excludes halogenated alkanes) is 14. The van der Waals surface area contributed by atoms with Crippen LogP contribution in [0.5, 0.6) is 0 Å². The summed E-state index contributed by atoms with van der Waals surface area (Å²) in [5.74, 6) is -2.47. The van der Waals surface area contributed by atoms with Crippen molar-refractivity contribution in [2.24, 2.45) is 5.73 Å². The topological polar surface area (TPSA) is 184 Å². The van der Waals surface area contributed by atoms with Gasteiger partial charge in [0.05, 0.1) is 25.4 Å². The van der Waals surface area contributed by atoms with Crippen molar-refractivity contribution in [3.8, 4) is 0 Å². The molecule has 1 aliphatic heterocycles. The highest BCUT2D eigenvalue weighted by atomic mass is 31.2. The van der Waals surface area contributed by atoms with Gasteiger partial charge in [-0.1, -0.05) is 133 Å². The highest BCUT2D eigenvalue weighted by Crippen LogP contribution is 2.43. The first-order valence-corrected chi connectivity index (χ1v) is 23.3. The van der Waals surface area contributed by atoms with E-state index in [2.05, 4.69) is 54.8 Å². The maximum atomic E-state index is 12.6. The molecule has 0 amide bonds. The Hall–Kier alpha value is -2.60. The number of hydrogen-bond acceptors (Lipinski definition) is 10. The van der Waals surface area contributed by atoms with Gasteiger partial charge in [0.2, 0.25) is 0 Å². The smallest absolute Gasteiger partial charge is 0.472 e. The average Bonchev–Trinajstić information content (AvgIpc) is 3.94. The second-order valence-electron chi connectivity index (χ2n) is 14.9. The minimum Gasteiger partial charge on any atom is -0.480 e. The van der Waals surface area contributed by atoms with Crippen molar-refractivity contribution in [3.05, 3.63) is 48.6 Å². The number of allylic oxidation sites excluding steroid dienone is 7. The van der Waals surface area contributed by atoms with Gasteiger partial charge >= 0.3 is 25.7 Å². The van der Waals surface area contributed by atoms with Gasteiger partial charge in [0, 0.05) is 12.8 Å². The zero-order chi connectivity index (χ0) is 41.8. The van der Waals surface area contributed by atoms with Gasteiger partial charge in [-0.15, -0.1) is 0 Å². The van der Waals surface area contributed by atoms with Crippen molar-refractivity contribution in [3.63, 3.8) is 0 Å². The summed E-state index contributed by atoms with van der Waals surface area (Å²) < 4.78 is 38.3. The lowest BCUT2D eigenvalue weighted by Gasteiger charge is -2.20. The van der Waals surface area contributed by atoms with Crippen molar-refractivity contribution in [2.45, 2.75) is 192 Å². The van der Waals surface area contributed by atoms with Gasteiger partial charge in [0.15, 0.2) is 6.10 Å². The Labute approximate surface area is 343 Å². The van der Waals surface area contributed by atoms with E-state index in [9.17, 15) is 23.8 Å². The first kappa shape index (κ1) is 52.4. The summed E-state index contributed by atoms with van der Waals surface area (Å²) in [6.07, 6.45) is 40.7. The van der Waals surface area contributed by atoms with Crippen molar-refractivity contribution in [1.29, 1.82) is 0 Å². The molecule has 13 heteroatoms. The molecule has 0 radical (unpaired) electrons. The van der Waals surface area contributed by atoms with E-state index in [1.807, 2.05) is 12.2 Å². The highest BCUT2D eigenvalue weighted by molar-refractivity contribution is 7.47. The number of carbonyl (C=O) groups excluding carboxylic acids is 2. The Balaban J connectivity index is 2.32. The zero-order valence-electron chi connectivity index (χ0n) is 35.1. The minimum absolute atomic E-state index is 0.136. The fourth-order valence-corrected chi connectivity index (χ4v) is 6.69. The molecule has 0 spiro atoms. The molecule has 0 aromatic carbocycles. The molecule has 328 valence electrons. The van der Waals surface area contributed by atoms with Crippen LogP contribution in [0.25, 0.3) is 0 Å². The van der Waals surface area contributed by atoms with E-state index in [1.165, 1.54) is 64.2 Å². The molecule has 0 bridgehead atoms. The normalized spacial score (nSPS) is 17.8. The van der Waals surface area contributed by atoms with Gasteiger partial charge in [0.1, 0.15) is 12.6 Å². The van der Waals surface area contributed by atoms with Crippen LogP contribution in [0.2, 0.25) is 0 Å². The summed E-state index contributed by atoms with van der Waals surface area (Å²) >= 11 is 0. The maximum Gasteiger partial charge on any atom is 0.472 e. The SMILES string of the molecule is CCCCCCCC/C=C\CCCCCCCC(=O)O[C@H](COC(=O)CCC/C=C\C/C=C\C/C=C\CC1OC1CCCCC)COP(=O)(O)OC[C@H](N)C(=O)O. The monoisotopic (exact) mass is 826 g/mol. The van der Waals surface area contributed by atoms with Crippen LogP contribution in [0.3, 0.4) is 0 Å². The molecule has 0 aromatic heterocycles. The third-order valence-corrected chi connectivity index (χ3v) is 10.4. The van der Waals surface area contributed by atoms with Gasteiger partial charge in [-0.3, -0.25) is 23.4 Å². The fraction of sp³-hybridized carbons (Fsp3) is 0.750. The van der Waals surface area contributed by atoms with Crippen LogP contribution in [-0.4, -0.2) is 72.1 Å². The standard InChI is InChI=1S/C44H76NO11P/c1-3-5-7-8-9-10-11-12-13-14-15-20-23-26-30-34-43(47)55-38(36-53-57(50,51)54-37-39(45)44(48)49)35-52-42(46)33-29-25-22-19-17-16-18-21-24-28-32-41-40(56-41)31-27-6-4-2/h12-13,16,18-19,22,24,28,38-41H,3-11,14-15,17,20-21,23,25-27,29-37,45H2,1-2H3,(H,48,49)(H,50,51)/b13-12-,18-16-,22-19-,28-24-/t38-,39+,40?,41?/m1/s1. The number of aliphatic carboxylic acids is 1. The van der Waals surface area contributed by atoms with E-state index < -0.39 is 51.1 Å². The first-order valence-electron chi connectivity index (χ1n) is 21.8. The van der Waals surface area contributed by atoms with Crippen LogP contribution in [0.15, 0.2) is 48.6 Å². The molecule has 0 aliphatic carbocycles. The molecule has 12 nitrogen and oxygen atoms in total. The number of esters is 2. The summed E-state index contributed by atoms with van der Waals surface area (Å²) in [6.45, 7) is 2.69. The summed E-state index contributed by atoms with van der Waals surface area (Å²) in [5.41, 5.74) is 5.33. The van der Waals surface area contributed by atoms with Crippen molar-refractivity contribution >= 4 is 25.7 Å². The molecule has 0 aromatic rings. The van der Waals surface area contributed by atoms with Crippen LogP contribution >= 0.6 is 7.82 Å². The number of hydrogen-bond donors (Lipinski definition) is 3. The van der Waals surface area contributed by atoms with Gasteiger partial charge < -0.3 is 29.9 Å². The molecule has 1 aliphatic rings. The predicted molar refractivity (Wildman–Crippen MR) is 226 cm³/mol. The number of carboxylic acids is 1. The van der Waals surface area contributed by atoms with E-state index >= 15 is 0 Å². The van der Waals surface area contributed by atoms with Crippen LogP contribution in [0.1, 0.15) is 168 Å². The summed E-state index contributed by atoms with van der Waals surface area (Å²) in [6, 6.07) is -1.53. The highest BCUT2D eigenvalue weighted by Gasteiger charge is 2.36. The Morgan fingerprint density at radius 1 is 0.649 bits per heavy atom. The molecule has 4 N–H and O–H groups in total. The fourth-order valence-electron chi connectivity index (χ4n) is 5.91. The number of epoxide rings is 1. The quantitative estimate of drug-likeness (QED) is 0.0175. The van der Waals surface area contributed by atoms with Crippen LogP contribution in [-0.2, 0) is 42.2 Å². The molecule has 5 atom stereocenters. The number of rotatable bonds is 39. The van der Waals surface area contributed by atoms with Crippen LogP contribution < -0.4 is 5.73 Å². The predicted octanol–water partition coefficient (Wildman–Crippen LogP) is 10.4. The number of phosphoric ester groups is 1. The molecule has 57 heavy (non-hydrogen) atoms. The van der Waals surface area contributed by atoms with E-state index in [1.54, 1.807) is 0 Å². The zero-order valence-corrected chi connectivity index (χ0v) is 36.0. The van der Waals surface area contributed by atoms with Crippen molar-refractivity contribution < 1.29 is 52.2 Å². The largest absolute Gasteiger partial charge is 0.480 e. The molecular formula is C44H76NO11P. The molecule has 0 saturated carbocycles. The Morgan fingerprint density at radius 2 is 1.18 bits per heavy atom. The summed E-state index contributed by atoms with van der Waals surface area (Å²) in [4.78, 5) is 45.9. The lowest BCUT2D eigenvalue weighted by atomic mass is 10.1. The lowest BCUT2D eigenvalue weighted by Crippen LogP contribution is -2.34. The summed E-state index contributed by atoms with van der Waals surface area (Å²) in [5, 5.41) is 8.89. The van der Waals surface area contributed by atoms with Gasteiger partial charge in [-0.2, -0.15) is 0 Å². The Morgan fingerprint density at radius 3 is 1.84 bits per heavy atom. The van der Waals surface area contributed by atoms with Crippen LogP contribution in [0, 0.1) is 0 Å². The minimum atomic E-state index is -4.73. The number of nitrogens with two attached hydrogens (primary N) is 1. The number of phosphoric acid groups is 1. The molecule has 1 heterocycles. The van der Waals surface area contributed by atoms with Crippen molar-refractivity contribution in [2.75, 3.05) is 19.8 Å². The summed E-state index contributed by atoms with van der Waals surface area (Å²) in [7, 11) is -4.73. The van der Waals surface area contributed by atoms with E-state index in [-0.39, 0.29) is 19.4 Å². The molecular weight excluding hydrogens is 749 g/mol. The lowest BCUT2D eigenvalue weighted by molar-refractivity contribution is -0.161. The van der Waals surface area contributed by atoms with Gasteiger partial charge in [-0.05, 0) is 70.6 Å².